The first-order valence-corrected chi connectivity index (χ1v) is 4.25. The highest BCUT2D eigenvalue weighted by Crippen LogP contribution is 2.23. The van der Waals surface area contributed by atoms with Crippen molar-refractivity contribution in [3.8, 4) is 0 Å². The van der Waals surface area contributed by atoms with Gasteiger partial charge in [0.15, 0.2) is 0 Å². The average Bonchev–Trinajstić information content (AvgIpc) is 2.17. The number of nitrogens with two attached hydrogens (primary N) is 2. The molecule has 2 aromatic rings. The quantitative estimate of drug-likeness (QED) is 0.716. The summed E-state index contributed by atoms with van der Waals surface area (Å²) in [5.74, 6) is -0.155. The van der Waals surface area contributed by atoms with E-state index >= 15 is 0 Å². The molecule has 1 heterocycles. The van der Waals surface area contributed by atoms with Crippen molar-refractivity contribution < 1.29 is 4.39 Å². The van der Waals surface area contributed by atoms with Gasteiger partial charge in [-0.15, -0.1) is 0 Å². The molecule has 0 unspecified atom stereocenters. The van der Waals surface area contributed by atoms with Gasteiger partial charge in [0.1, 0.15) is 11.6 Å². The Labute approximate surface area is 80.5 Å². The van der Waals surface area contributed by atoms with Crippen LogP contribution in [-0.4, -0.2) is 4.98 Å². The summed E-state index contributed by atoms with van der Waals surface area (Å²) in [5, 5.41) is 1.10. The molecule has 4 heteroatoms. The molecule has 0 spiro atoms. The second-order valence-corrected chi connectivity index (χ2v) is 3.08. The zero-order chi connectivity index (χ0) is 10.1. The second kappa shape index (κ2) is 3.23. The number of fused-ring (bicyclic) bond motifs is 1. The van der Waals surface area contributed by atoms with Gasteiger partial charge in [0.25, 0.3) is 0 Å². The highest BCUT2D eigenvalue weighted by Gasteiger charge is 2.06. The van der Waals surface area contributed by atoms with E-state index in [-0.39, 0.29) is 11.6 Å². The average molecular weight is 191 g/mol. The highest BCUT2D eigenvalue weighted by molar-refractivity contribution is 5.91. The lowest BCUT2D eigenvalue weighted by molar-refractivity contribution is 0.637. The summed E-state index contributed by atoms with van der Waals surface area (Å²) in [7, 11) is 0. The van der Waals surface area contributed by atoms with Crippen LogP contribution in [0.25, 0.3) is 10.8 Å². The molecule has 4 N–H and O–H groups in total. The van der Waals surface area contributed by atoms with E-state index in [1.165, 1.54) is 6.07 Å². The molecule has 72 valence electrons. The molecule has 0 aliphatic carbocycles. The molecular formula is C10H10FN3. The van der Waals surface area contributed by atoms with Crippen LogP contribution in [0.5, 0.6) is 0 Å². The highest BCUT2D eigenvalue weighted by atomic mass is 19.1. The molecule has 0 amide bonds. The third kappa shape index (κ3) is 1.29. The van der Waals surface area contributed by atoms with Crippen LogP contribution in [0.3, 0.4) is 0 Å². The summed E-state index contributed by atoms with van der Waals surface area (Å²) in [6.07, 6.45) is 1.55. The van der Waals surface area contributed by atoms with Crippen molar-refractivity contribution in [1.29, 1.82) is 0 Å². The van der Waals surface area contributed by atoms with E-state index in [1.807, 2.05) is 6.07 Å². The smallest absolute Gasteiger partial charge is 0.135 e. The minimum Gasteiger partial charge on any atom is -0.383 e. The van der Waals surface area contributed by atoms with Gasteiger partial charge in [-0.25, -0.2) is 9.37 Å². The SMILES string of the molecule is NCc1cc(F)c2c(N)nccc2c1. The Hall–Kier alpha value is -1.68. The summed E-state index contributed by atoms with van der Waals surface area (Å²) in [4.78, 5) is 3.83. The van der Waals surface area contributed by atoms with Gasteiger partial charge in [-0.05, 0) is 29.1 Å². The maximum absolute atomic E-state index is 13.5. The van der Waals surface area contributed by atoms with Gasteiger partial charge < -0.3 is 11.5 Å². The largest absolute Gasteiger partial charge is 0.383 e. The van der Waals surface area contributed by atoms with Crippen LogP contribution in [0.2, 0.25) is 0 Å². The molecule has 0 atom stereocenters. The van der Waals surface area contributed by atoms with Gasteiger partial charge in [-0.1, -0.05) is 0 Å². The molecule has 14 heavy (non-hydrogen) atoms. The summed E-state index contributed by atoms with van der Waals surface area (Å²) in [5.41, 5.74) is 11.8. The first kappa shape index (κ1) is 8.90. The summed E-state index contributed by atoms with van der Waals surface area (Å²) in [6.45, 7) is 0.315. The maximum Gasteiger partial charge on any atom is 0.135 e. The Kier molecular flexibility index (Phi) is 2.05. The number of aromatic nitrogens is 1. The summed E-state index contributed by atoms with van der Waals surface area (Å²) < 4.78 is 13.5. The molecular weight excluding hydrogens is 181 g/mol. The maximum atomic E-state index is 13.5. The number of benzene rings is 1. The summed E-state index contributed by atoms with van der Waals surface area (Å²) >= 11 is 0. The number of hydrogen-bond donors (Lipinski definition) is 2. The standard InChI is InChI=1S/C10H10FN3/c11-8-4-6(5-12)3-7-1-2-14-10(13)9(7)8/h1-4H,5,12H2,(H2,13,14). The van der Waals surface area contributed by atoms with Crippen molar-refractivity contribution in [2.45, 2.75) is 6.54 Å². The zero-order valence-electron chi connectivity index (χ0n) is 7.50. The fraction of sp³-hybridized carbons (Fsp3) is 0.100. The van der Waals surface area contributed by atoms with Crippen LogP contribution < -0.4 is 11.5 Å². The Morgan fingerprint density at radius 2 is 2.14 bits per heavy atom. The van der Waals surface area contributed by atoms with Crippen molar-refractivity contribution in [2.24, 2.45) is 5.73 Å². The molecule has 0 aliphatic heterocycles. The van der Waals surface area contributed by atoms with Crippen molar-refractivity contribution in [3.05, 3.63) is 35.8 Å². The fourth-order valence-electron chi connectivity index (χ4n) is 1.47. The molecule has 1 aromatic carbocycles. The third-order valence-electron chi connectivity index (χ3n) is 2.14. The summed E-state index contributed by atoms with van der Waals surface area (Å²) in [6, 6.07) is 4.92. The minimum atomic E-state index is -0.367. The Bertz CT molecular complexity index is 482. The van der Waals surface area contributed by atoms with Gasteiger partial charge in [-0.3, -0.25) is 0 Å². The van der Waals surface area contributed by atoms with Gasteiger partial charge in [0.05, 0.1) is 5.39 Å². The lowest BCUT2D eigenvalue weighted by Gasteiger charge is -2.04. The molecule has 2 rings (SSSR count). The van der Waals surface area contributed by atoms with Crippen molar-refractivity contribution in [3.63, 3.8) is 0 Å². The van der Waals surface area contributed by atoms with Gasteiger partial charge in [-0.2, -0.15) is 0 Å². The second-order valence-electron chi connectivity index (χ2n) is 3.08. The number of hydrogen-bond acceptors (Lipinski definition) is 3. The molecule has 0 saturated carbocycles. The van der Waals surface area contributed by atoms with E-state index in [9.17, 15) is 4.39 Å². The van der Waals surface area contributed by atoms with E-state index in [2.05, 4.69) is 4.98 Å². The van der Waals surface area contributed by atoms with Crippen LogP contribution in [0, 0.1) is 5.82 Å². The van der Waals surface area contributed by atoms with Crippen LogP contribution in [0.15, 0.2) is 24.4 Å². The number of anilines is 1. The van der Waals surface area contributed by atoms with E-state index in [0.29, 0.717) is 11.9 Å². The lowest BCUT2D eigenvalue weighted by atomic mass is 10.1. The number of rotatable bonds is 1. The van der Waals surface area contributed by atoms with E-state index in [4.69, 9.17) is 11.5 Å². The molecule has 0 bridgehead atoms. The van der Waals surface area contributed by atoms with E-state index in [1.54, 1.807) is 12.3 Å². The lowest BCUT2D eigenvalue weighted by Crippen LogP contribution is -1.99. The fourth-order valence-corrected chi connectivity index (χ4v) is 1.47. The van der Waals surface area contributed by atoms with Gasteiger partial charge >= 0.3 is 0 Å². The van der Waals surface area contributed by atoms with Crippen molar-refractivity contribution in [1.82, 2.24) is 4.98 Å². The van der Waals surface area contributed by atoms with Crippen LogP contribution in [0.1, 0.15) is 5.56 Å². The van der Waals surface area contributed by atoms with Crippen molar-refractivity contribution in [2.75, 3.05) is 5.73 Å². The number of halogens is 1. The molecule has 0 saturated heterocycles. The van der Waals surface area contributed by atoms with Crippen LogP contribution in [0.4, 0.5) is 10.2 Å². The van der Waals surface area contributed by atoms with E-state index < -0.39 is 0 Å². The van der Waals surface area contributed by atoms with Crippen molar-refractivity contribution >= 4 is 16.6 Å². The van der Waals surface area contributed by atoms with E-state index in [0.717, 1.165) is 10.9 Å². The molecule has 1 aromatic heterocycles. The topological polar surface area (TPSA) is 64.9 Å². The first-order valence-electron chi connectivity index (χ1n) is 4.25. The number of nitrogen functional groups attached to an aromatic ring is 1. The van der Waals surface area contributed by atoms with Crippen LogP contribution in [-0.2, 0) is 6.54 Å². The third-order valence-corrected chi connectivity index (χ3v) is 2.14. The molecule has 0 radical (unpaired) electrons. The molecule has 3 nitrogen and oxygen atoms in total. The predicted octanol–water partition coefficient (Wildman–Crippen LogP) is 1.41. The number of nitrogens with zero attached hydrogens (tertiary/aromatic N) is 1. The Morgan fingerprint density at radius 1 is 1.36 bits per heavy atom. The predicted molar refractivity (Wildman–Crippen MR) is 54.0 cm³/mol. The van der Waals surface area contributed by atoms with Gasteiger partial charge in [0.2, 0.25) is 0 Å². The first-order chi connectivity index (χ1) is 6.72. The normalized spacial score (nSPS) is 10.7. The minimum absolute atomic E-state index is 0.212. The van der Waals surface area contributed by atoms with Gasteiger partial charge in [0, 0.05) is 12.7 Å². The van der Waals surface area contributed by atoms with Crippen LogP contribution >= 0.6 is 0 Å². The molecule has 0 aliphatic rings. The Balaban J connectivity index is 2.83. The Morgan fingerprint density at radius 3 is 2.86 bits per heavy atom. The number of pyridine rings is 1. The monoisotopic (exact) mass is 191 g/mol. The zero-order valence-corrected chi connectivity index (χ0v) is 7.50. The molecule has 0 fully saturated rings.